The third-order valence-corrected chi connectivity index (χ3v) is 3.19. The van der Waals surface area contributed by atoms with Crippen LogP contribution in [0.15, 0.2) is 29.2 Å². The number of carbonyl (C=O) groups excluding carboxylic acids is 1. The van der Waals surface area contributed by atoms with Crippen molar-refractivity contribution in [3.05, 3.63) is 34.7 Å². The molecule has 1 aliphatic carbocycles. The van der Waals surface area contributed by atoms with Gasteiger partial charge in [-0.25, -0.2) is 4.98 Å². The van der Waals surface area contributed by atoms with E-state index in [0.717, 1.165) is 10.8 Å². The van der Waals surface area contributed by atoms with Crippen molar-refractivity contribution in [2.75, 3.05) is 0 Å². The summed E-state index contributed by atoms with van der Waals surface area (Å²) in [6.45, 7) is 0. The van der Waals surface area contributed by atoms with E-state index in [4.69, 9.17) is 0 Å². The number of fused-ring (bicyclic) bond motifs is 1. The van der Waals surface area contributed by atoms with Crippen LogP contribution < -0.4 is 11.0 Å². The molecule has 0 N–H and O–H groups in total. The van der Waals surface area contributed by atoms with Gasteiger partial charge in [-0.2, -0.15) is 0 Å². The van der Waals surface area contributed by atoms with Crippen LogP contribution in [0.4, 0.5) is 0 Å². The molecule has 1 saturated carbocycles. The van der Waals surface area contributed by atoms with Crippen LogP contribution in [0.25, 0.3) is 11.0 Å². The van der Waals surface area contributed by atoms with Crippen LogP contribution in [-0.2, 0) is 4.79 Å². The van der Waals surface area contributed by atoms with Gasteiger partial charge in [0.1, 0.15) is 19.3 Å². The maximum Gasteiger partial charge on any atom is 0.252 e. The minimum atomic E-state index is -0.0775. The van der Waals surface area contributed by atoms with Crippen LogP contribution in [0.5, 0.6) is 0 Å². The molecular formula is C12H11BN2O2. The summed E-state index contributed by atoms with van der Waals surface area (Å²) in [7, 11) is 1.97. The summed E-state index contributed by atoms with van der Waals surface area (Å²) in [6.07, 6.45) is 2.65. The van der Waals surface area contributed by atoms with Gasteiger partial charge < -0.3 is 0 Å². The first-order valence-electron chi connectivity index (χ1n) is 5.65. The molecule has 1 aliphatic rings. The highest BCUT2D eigenvalue weighted by Gasteiger charge is 2.29. The molecular weight excluding hydrogens is 215 g/mol. The number of rotatable bonds is 1. The van der Waals surface area contributed by atoms with Gasteiger partial charge in [0.15, 0.2) is 0 Å². The minimum absolute atomic E-state index is 0.00564. The van der Waals surface area contributed by atoms with Crippen molar-refractivity contribution >= 4 is 30.1 Å². The van der Waals surface area contributed by atoms with Crippen LogP contribution in [0.3, 0.4) is 0 Å². The smallest absolute Gasteiger partial charge is 0.252 e. The van der Waals surface area contributed by atoms with E-state index >= 15 is 0 Å². The Morgan fingerprint density at radius 3 is 2.76 bits per heavy atom. The molecule has 0 radical (unpaired) electrons. The number of hydrogen-bond acceptors (Lipinski definition) is 3. The van der Waals surface area contributed by atoms with Gasteiger partial charge in [0.05, 0.1) is 6.04 Å². The van der Waals surface area contributed by atoms with Crippen molar-refractivity contribution < 1.29 is 4.79 Å². The fraction of sp³-hybridized carbons (Fsp3) is 0.250. The van der Waals surface area contributed by atoms with E-state index in [1.54, 1.807) is 22.9 Å². The maximum absolute atomic E-state index is 11.9. The largest absolute Gasteiger partial charge is 0.300 e. The first-order chi connectivity index (χ1) is 8.15. The van der Waals surface area contributed by atoms with E-state index in [9.17, 15) is 9.59 Å². The molecule has 17 heavy (non-hydrogen) atoms. The number of ketones is 1. The van der Waals surface area contributed by atoms with Gasteiger partial charge in [0.25, 0.3) is 5.56 Å². The Morgan fingerprint density at radius 2 is 2.06 bits per heavy atom. The number of hydrogen-bond donors (Lipinski definition) is 0. The average molecular weight is 226 g/mol. The zero-order valence-corrected chi connectivity index (χ0v) is 9.51. The Hall–Kier alpha value is -1.91. The molecule has 4 nitrogen and oxygen atoms in total. The molecule has 0 aliphatic heterocycles. The fourth-order valence-corrected chi connectivity index (χ4v) is 2.26. The normalized spacial score (nSPS) is 16.1. The molecule has 0 atom stereocenters. The highest BCUT2D eigenvalue weighted by atomic mass is 16.1. The first kappa shape index (κ1) is 10.3. The second kappa shape index (κ2) is 3.55. The lowest BCUT2D eigenvalue weighted by Crippen LogP contribution is -2.34. The van der Waals surface area contributed by atoms with Gasteiger partial charge in [-0.1, -0.05) is 11.5 Å². The predicted molar refractivity (Wildman–Crippen MR) is 67.5 cm³/mol. The lowest BCUT2D eigenvalue weighted by molar-refractivity contribution is -0.126. The van der Waals surface area contributed by atoms with Gasteiger partial charge in [0.2, 0.25) is 0 Å². The zero-order chi connectivity index (χ0) is 12.0. The number of aromatic nitrogens is 2. The lowest BCUT2D eigenvalue weighted by atomic mass is 9.90. The van der Waals surface area contributed by atoms with Gasteiger partial charge >= 0.3 is 0 Å². The van der Waals surface area contributed by atoms with E-state index in [1.807, 2.05) is 13.9 Å². The monoisotopic (exact) mass is 226 g/mol. The Kier molecular flexibility index (Phi) is 2.14. The van der Waals surface area contributed by atoms with Crippen molar-refractivity contribution in [3.8, 4) is 0 Å². The van der Waals surface area contributed by atoms with Crippen molar-refractivity contribution in [2.45, 2.75) is 18.9 Å². The second-order valence-corrected chi connectivity index (χ2v) is 4.57. The van der Waals surface area contributed by atoms with E-state index in [0.29, 0.717) is 18.5 Å². The average Bonchev–Trinajstić information content (AvgIpc) is 2.26. The molecule has 5 heteroatoms. The van der Waals surface area contributed by atoms with Crippen molar-refractivity contribution in [1.82, 2.24) is 9.55 Å². The molecule has 3 rings (SSSR count). The summed E-state index contributed by atoms with van der Waals surface area (Å²) in [6, 6.07) is 5.33. The van der Waals surface area contributed by atoms with Crippen LogP contribution in [0.2, 0.25) is 0 Å². The van der Waals surface area contributed by atoms with Crippen molar-refractivity contribution in [1.29, 1.82) is 0 Å². The molecule has 0 unspecified atom stereocenters. The second-order valence-electron chi connectivity index (χ2n) is 4.57. The Labute approximate surface area is 98.7 Å². The van der Waals surface area contributed by atoms with Gasteiger partial charge in [-0.3, -0.25) is 14.2 Å². The lowest BCUT2D eigenvalue weighted by Gasteiger charge is -2.27. The standard InChI is InChI=1S/C12H11BN2O2/c13-8-3-7-1-2-11(17)15(12(7)14-6-8)9-4-10(16)5-9/h1-3,6,9H,4-5,13H2. The molecule has 0 aromatic carbocycles. The maximum atomic E-state index is 11.9. The molecule has 2 aromatic rings. The number of nitrogens with zero attached hydrogens (tertiary/aromatic N) is 2. The summed E-state index contributed by atoms with van der Waals surface area (Å²) in [5, 5.41) is 0.948. The van der Waals surface area contributed by atoms with Crippen molar-refractivity contribution in [2.24, 2.45) is 0 Å². The minimum Gasteiger partial charge on any atom is -0.300 e. The molecule has 0 saturated heterocycles. The van der Waals surface area contributed by atoms with E-state index in [1.165, 1.54) is 0 Å². The first-order valence-corrected chi connectivity index (χ1v) is 5.65. The summed E-state index contributed by atoms with van der Waals surface area (Å²) < 4.78 is 1.65. The molecule has 1 fully saturated rings. The molecule has 2 aromatic heterocycles. The van der Waals surface area contributed by atoms with Crippen LogP contribution in [-0.4, -0.2) is 23.2 Å². The Balaban J connectivity index is 2.24. The van der Waals surface area contributed by atoms with Crippen LogP contribution >= 0.6 is 0 Å². The summed E-state index contributed by atoms with van der Waals surface area (Å²) >= 11 is 0. The third kappa shape index (κ3) is 1.58. The SMILES string of the molecule is Bc1cnc2c(ccc(=O)n2C2CC(=O)C2)c1. The van der Waals surface area contributed by atoms with Gasteiger partial charge in [-0.05, 0) is 6.07 Å². The molecule has 84 valence electrons. The Morgan fingerprint density at radius 1 is 1.29 bits per heavy atom. The molecule has 2 heterocycles. The topological polar surface area (TPSA) is 52.0 Å². The number of pyridine rings is 2. The van der Waals surface area contributed by atoms with E-state index in [-0.39, 0.29) is 17.4 Å². The number of Topliss-reactive ketones (excluding diaryl/α,β-unsaturated/α-hetero) is 1. The third-order valence-electron chi connectivity index (χ3n) is 3.19. The quantitative estimate of drug-likeness (QED) is 0.619. The van der Waals surface area contributed by atoms with Crippen LogP contribution in [0.1, 0.15) is 18.9 Å². The highest BCUT2D eigenvalue weighted by Crippen LogP contribution is 2.28. The number of carbonyl (C=O) groups is 1. The van der Waals surface area contributed by atoms with E-state index < -0.39 is 0 Å². The molecule has 0 spiro atoms. The van der Waals surface area contributed by atoms with E-state index in [2.05, 4.69) is 4.98 Å². The zero-order valence-electron chi connectivity index (χ0n) is 9.51. The summed E-state index contributed by atoms with van der Waals surface area (Å²) in [4.78, 5) is 27.2. The fourth-order valence-electron chi connectivity index (χ4n) is 2.26. The molecule has 0 bridgehead atoms. The van der Waals surface area contributed by atoms with Crippen molar-refractivity contribution in [3.63, 3.8) is 0 Å². The van der Waals surface area contributed by atoms with Gasteiger partial charge in [-0.15, -0.1) is 0 Å². The summed E-state index contributed by atoms with van der Waals surface area (Å²) in [5.41, 5.74) is 1.67. The van der Waals surface area contributed by atoms with Gasteiger partial charge in [0, 0.05) is 30.5 Å². The summed E-state index contributed by atoms with van der Waals surface area (Å²) in [5.74, 6) is 0.214. The molecule has 0 amide bonds. The van der Waals surface area contributed by atoms with Crippen LogP contribution in [0, 0.1) is 0 Å². The Bertz CT molecular complexity index is 670. The predicted octanol–water partition coefficient (Wildman–Crippen LogP) is -0.441. The highest BCUT2D eigenvalue weighted by molar-refractivity contribution is 6.32.